The molecule has 3 rings (SSSR count). The molecule has 0 aliphatic rings. The van der Waals surface area contributed by atoms with E-state index in [2.05, 4.69) is 5.32 Å². The van der Waals surface area contributed by atoms with E-state index in [4.69, 9.17) is 23.2 Å². The van der Waals surface area contributed by atoms with Crippen molar-refractivity contribution in [2.45, 2.75) is 45.2 Å². The fraction of sp³-hybridized carbons (Fsp3) is 0.310. The number of rotatable bonds is 11. The number of aryl methyl sites for hydroxylation is 1. The maximum Gasteiger partial charge on any atom is 0.264 e. The largest absolute Gasteiger partial charge is 0.354 e. The predicted molar refractivity (Wildman–Crippen MR) is 156 cm³/mol. The molecule has 0 aromatic heterocycles. The monoisotopic (exact) mass is 589 g/mol. The molecule has 0 aliphatic heterocycles. The first-order valence-corrected chi connectivity index (χ1v) is 14.8. The van der Waals surface area contributed by atoms with Crippen molar-refractivity contribution in [1.82, 2.24) is 10.2 Å². The lowest BCUT2D eigenvalue weighted by Crippen LogP contribution is -2.51. The molecule has 0 spiro atoms. The summed E-state index contributed by atoms with van der Waals surface area (Å²) in [5, 5.41) is 3.66. The van der Waals surface area contributed by atoms with Crippen LogP contribution in [0.25, 0.3) is 0 Å². The third-order valence-corrected chi connectivity index (χ3v) is 8.77. The topological polar surface area (TPSA) is 86.8 Å². The Labute approximate surface area is 240 Å². The zero-order chi connectivity index (χ0) is 28.7. The maximum absolute atomic E-state index is 13.9. The van der Waals surface area contributed by atoms with E-state index in [0.717, 1.165) is 9.87 Å². The highest BCUT2D eigenvalue weighted by molar-refractivity contribution is 7.92. The smallest absolute Gasteiger partial charge is 0.264 e. The first-order chi connectivity index (χ1) is 18.4. The Morgan fingerprint density at radius 3 is 2.15 bits per heavy atom. The van der Waals surface area contributed by atoms with Crippen LogP contribution < -0.4 is 9.62 Å². The molecule has 0 saturated carbocycles. The van der Waals surface area contributed by atoms with Gasteiger partial charge in [0.15, 0.2) is 0 Å². The van der Waals surface area contributed by atoms with Gasteiger partial charge in [0.25, 0.3) is 10.0 Å². The second kappa shape index (κ2) is 13.3. The van der Waals surface area contributed by atoms with Crippen LogP contribution in [0.1, 0.15) is 31.9 Å². The van der Waals surface area contributed by atoms with Crippen molar-refractivity contribution in [1.29, 1.82) is 0 Å². The van der Waals surface area contributed by atoms with Gasteiger partial charge in [-0.2, -0.15) is 0 Å². The van der Waals surface area contributed by atoms with E-state index in [9.17, 15) is 18.0 Å². The summed E-state index contributed by atoms with van der Waals surface area (Å²) >= 11 is 12.7. The van der Waals surface area contributed by atoms with Crippen molar-refractivity contribution in [2.24, 2.45) is 5.92 Å². The number of carbonyl (C=O) groups is 2. The van der Waals surface area contributed by atoms with Gasteiger partial charge in [-0.25, -0.2) is 8.42 Å². The van der Waals surface area contributed by atoms with Crippen LogP contribution in [-0.4, -0.2) is 44.3 Å². The van der Waals surface area contributed by atoms with E-state index in [1.807, 2.05) is 13.8 Å². The van der Waals surface area contributed by atoms with Gasteiger partial charge in [0.2, 0.25) is 11.8 Å². The summed E-state index contributed by atoms with van der Waals surface area (Å²) in [4.78, 5) is 28.3. The molecule has 0 unspecified atom stereocenters. The van der Waals surface area contributed by atoms with Crippen LogP contribution in [-0.2, 0) is 26.2 Å². The molecule has 39 heavy (non-hydrogen) atoms. The summed E-state index contributed by atoms with van der Waals surface area (Å²) in [6, 6.07) is 18.8. The number of sulfonamides is 1. The van der Waals surface area contributed by atoms with Crippen molar-refractivity contribution >= 4 is 50.7 Å². The van der Waals surface area contributed by atoms with E-state index >= 15 is 0 Å². The van der Waals surface area contributed by atoms with Crippen molar-refractivity contribution in [2.75, 3.05) is 17.4 Å². The van der Waals surface area contributed by atoms with Gasteiger partial charge >= 0.3 is 0 Å². The second-order valence-corrected chi connectivity index (χ2v) is 12.4. The molecule has 0 aliphatic carbocycles. The third kappa shape index (κ3) is 7.75. The van der Waals surface area contributed by atoms with E-state index in [-0.39, 0.29) is 29.0 Å². The Kier molecular flexibility index (Phi) is 10.4. The van der Waals surface area contributed by atoms with Crippen LogP contribution in [0.2, 0.25) is 10.0 Å². The molecule has 3 aromatic carbocycles. The van der Waals surface area contributed by atoms with Crippen LogP contribution in [0.15, 0.2) is 77.7 Å². The number of halogens is 2. The number of carbonyl (C=O) groups excluding carboxylic acids is 2. The van der Waals surface area contributed by atoms with Crippen LogP contribution in [0.3, 0.4) is 0 Å². The zero-order valence-corrected chi connectivity index (χ0v) is 24.7. The van der Waals surface area contributed by atoms with Crippen molar-refractivity contribution in [3.05, 3.63) is 94.0 Å². The zero-order valence-electron chi connectivity index (χ0n) is 22.4. The lowest BCUT2D eigenvalue weighted by Gasteiger charge is -2.32. The Morgan fingerprint density at radius 2 is 1.54 bits per heavy atom. The van der Waals surface area contributed by atoms with Crippen LogP contribution in [0.5, 0.6) is 0 Å². The van der Waals surface area contributed by atoms with E-state index in [1.165, 1.54) is 23.1 Å². The molecular weight excluding hydrogens is 557 g/mol. The number of benzene rings is 3. The lowest BCUT2D eigenvalue weighted by atomic mass is 10.1. The van der Waals surface area contributed by atoms with Crippen molar-refractivity contribution in [3.63, 3.8) is 0 Å². The van der Waals surface area contributed by atoms with Crippen LogP contribution >= 0.6 is 23.2 Å². The Hall–Kier alpha value is -3.07. The molecular formula is C29H33Cl2N3O4S. The van der Waals surface area contributed by atoms with E-state index in [0.29, 0.717) is 22.2 Å². The highest BCUT2D eigenvalue weighted by Gasteiger charge is 2.33. The number of nitrogens with zero attached hydrogens (tertiary/aromatic N) is 2. The summed E-state index contributed by atoms with van der Waals surface area (Å²) < 4.78 is 28.6. The number of nitrogens with one attached hydrogen (secondary N) is 1. The van der Waals surface area contributed by atoms with Crippen molar-refractivity contribution in [3.8, 4) is 0 Å². The van der Waals surface area contributed by atoms with Crippen LogP contribution in [0.4, 0.5) is 5.69 Å². The summed E-state index contributed by atoms with van der Waals surface area (Å²) in [6.07, 6.45) is 0. The fourth-order valence-corrected chi connectivity index (χ4v) is 5.63. The number of hydrogen-bond donors (Lipinski definition) is 1. The minimum Gasteiger partial charge on any atom is -0.354 e. The molecule has 0 radical (unpaired) electrons. The van der Waals surface area contributed by atoms with E-state index in [1.54, 1.807) is 68.4 Å². The van der Waals surface area contributed by atoms with Gasteiger partial charge in [-0.05, 0) is 61.2 Å². The maximum atomic E-state index is 13.9. The molecule has 0 fully saturated rings. The van der Waals surface area contributed by atoms with Crippen molar-refractivity contribution < 1.29 is 18.0 Å². The molecule has 0 saturated heterocycles. The normalized spacial score (nSPS) is 12.2. The third-order valence-electron chi connectivity index (χ3n) is 6.20. The summed E-state index contributed by atoms with van der Waals surface area (Å²) in [6.45, 7) is 7.26. The van der Waals surface area contributed by atoms with Gasteiger partial charge in [-0.1, -0.05) is 79.5 Å². The fourth-order valence-electron chi connectivity index (χ4n) is 3.83. The van der Waals surface area contributed by atoms with Gasteiger partial charge < -0.3 is 10.2 Å². The average Bonchev–Trinajstić information content (AvgIpc) is 2.91. The van der Waals surface area contributed by atoms with Gasteiger partial charge in [0, 0.05) is 23.1 Å². The Bertz CT molecular complexity index is 1420. The van der Waals surface area contributed by atoms with Gasteiger partial charge in [0.1, 0.15) is 12.6 Å². The quantitative estimate of drug-likeness (QED) is 0.311. The summed E-state index contributed by atoms with van der Waals surface area (Å²) in [7, 11) is -4.16. The molecule has 208 valence electrons. The lowest BCUT2D eigenvalue weighted by molar-refractivity contribution is -0.139. The van der Waals surface area contributed by atoms with Gasteiger partial charge in [-0.3, -0.25) is 13.9 Å². The van der Waals surface area contributed by atoms with Gasteiger partial charge in [0.05, 0.1) is 10.6 Å². The summed E-state index contributed by atoms with van der Waals surface area (Å²) in [5.41, 5.74) is 1.63. The van der Waals surface area contributed by atoms with E-state index < -0.39 is 28.5 Å². The Balaban J connectivity index is 2.03. The second-order valence-electron chi connectivity index (χ2n) is 9.69. The standard InChI is InChI=1S/C29H33Cl2N3O4S/c1-20(2)17-32-29(36)22(4)33(18-23-10-8-9-13-26(23)30)28(35)19-34(24-15-14-21(3)27(31)16-24)39(37,38)25-11-6-5-7-12-25/h5-16,20,22H,17-19H2,1-4H3,(H,32,36)/t22-/m0/s1. The molecule has 1 N–H and O–H groups in total. The first-order valence-electron chi connectivity index (χ1n) is 12.6. The molecule has 1 atom stereocenters. The molecule has 10 heteroatoms. The minimum absolute atomic E-state index is 0.0165. The first kappa shape index (κ1) is 30.5. The molecule has 7 nitrogen and oxygen atoms in total. The average molecular weight is 591 g/mol. The highest BCUT2D eigenvalue weighted by atomic mass is 35.5. The number of anilines is 1. The summed E-state index contributed by atoms with van der Waals surface area (Å²) in [5.74, 6) is -0.704. The molecule has 0 heterocycles. The molecule has 2 amide bonds. The highest BCUT2D eigenvalue weighted by Crippen LogP contribution is 2.29. The predicted octanol–water partition coefficient (Wildman–Crippen LogP) is 5.69. The molecule has 0 bridgehead atoms. The van der Waals surface area contributed by atoms with Crippen LogP contribution in [0, 0.1) is 12.8 Å². The number of hydrogen-bond acceptors (Lipinski definition) is 4. The SMILES string of the molecule is Cc1ccc(N(CC(=O)N(Cc2ccccc2Cl)[C@@H](C)C(=O)NCC(C)C)S(=O)(=O)c2ccccc2)cc1Cl. The Morgan fingerprint density at radius 1 is 0.897 bits per heavy atom. The number of amides is 2. The minimum atomic E-state index is -4.16. The van der Waals surface area contributed by atoms with Gasteiger partial charge in [-0.15, -0.1) is 0 Å². The molecule has 3 aromatic rings.